The molecule has 0 spiro atoms. The van der Waals surface area contributed by atoms with E-state index in [1.807, 2.05) is 66.7 Å². The zero-order chi connectivity index (χ0) is 25.0. The van der Waals surface area contributed by atoms with Crippen LogP contribution in [0.5, 0.6) is 0 Å². The molecule has 2 amide bonds. The van der Waals surface area contributed by atoms with E-state index in [1.54, 1.807) is 33.8 Å². The Kier molecular flexibility index (Phi) is 7.07. The lowest BCUT2D eigenvalue weighted by molar-refractivity contribution is -0.122. The lowest BCUT2D eigenvalue weighted by Crippen LogP contribution is -2.52. The number of para-hydroxylation sites is 1. The van der Waals surface area contributed by atoms with Crippen LogP contribution in [0.4, 0.5) is 10.5 Å². The number of nitrogens with one attached hydrogen (secondary N) is 2. The lowest BCUT2D eigenvalue weighted by atomic mass is 10.1. The molecule has 1 heterocycles. The standard InChI is InChI=1S/C28H30N2O5/c1-18(33-17-19-10-6-5-7-11-19)25(30-27(32)35-28(2,3)4)26(31)29-20-14-15-22-21-12-8-9-13-23(21)34-24(22)16-20/h5-16,18,25H,17H2,1-4H3,(H,29,31)(H,30,32)/t18-,25-/m0/s1. The van der Waals surface area contributed by atoms with Gasteiger partial charge in [-0.1, -0.05) is 48.5 Å². The lowest BCUT2D eigenvalue weighted by Gasteiger charge is -2.27. The fraction of sp³-hybridized carbons (Fsp3) is 0.286. The van der Waals surface area contributed by atoms with Gasteiger partial charge >= 0.3 is 6.09 Å². The van der Waals surface area contributed by atoms with Crippen molar-refractivity contribution < 1.29 is 23.5 Å². The molecule has 0 aliphatic carbocycles. The minimum atomic E-state index is -0.986. The molecule has 4 aromatic rings. The van der Waals surface area contributed by atoms with Crippen LogP contribution in [0.15, 0.2) is 77.2 Å². The predicted octanol–water partition coefficient (Wildman–Crippen LogP) is 6.02. The quantitative estimate of drug-likeness (QED) is 0.342. The number of ether oxygens (including phenoxy) is 2. The van der Waals surface area contributed by atoms with E-state index >= 15 is 0 Å². The third-order valence-electron chi connectivity index (χ3n) is 5.43. The van der Waals surface area contributed by atoms with Crippen LogP contribution in [0.3, 0.4) is 0 Å². The van der Waals surface area contributed by atoms with Gasteiger partial charge in [0.15, 0.2) is 0 Å². The smallest absolute Gasteiger partial charge is 0.408 e. The Morgan fingerprint density at radius 1 is 0.914 bits per heavy atom. The summed E-state index contributed by atoms with van der Waals surface area (Å²) >= 11 is 0. The predicted molar refractivity (Wildman–Crippen MR) is 136 cm³/mol. The first-order valence-corrected chi connectivity index (χ1v) is 11.6. The van der Waals surface area contributed by atoms with E-state index in [2.05, 4.69) is 10.6 Å². The van der Waals surface area contributed by atoms with Gasteiger partial charge in [-0.3, -0.25) is 4.79 Å². The van der Waals surface area contributed by atoms with Crippen LogP contribution in [-0.2, 0) is 20.9 Å². The van der Waals surface area contributed by atoms with Gasteiger partial charge in [-0.05, 0) is 51.5 Å². The van der Waals surface area contributed by atoms with Crippen LogP contribution in [0.1, 0.15) is 33.3 Å². The van der Waals surface area contributed by atoms with Crippen LogP contribution >= 0.6 is 0 Å². The highest BCUT2D eigenvalue weighted by Crippen LogP contribution is 2.30. The van der Waals surface area contributed by atoms with E-state index in [-0.39, 0.29) is 0 Å². The molecule has 0 saturated heterocycles. The molecule has 182 valence electrons. The summed E-state index contributed by atoms with van der Waals surface area (Å²) < 4.78 is 17.2. The van der Waals surface area contributed by atoms with Gasteiger partial charge in [0.2, 0.25) is 5.91 Å². The summed E-state index contributed by atoms with van der Waals surface area (Å²) in [6.07, 6.45) is -1.32. The van der Waals surface area contributed by atoms with Crippen molar-refractivity contribution in [2.45, 2.75) is 52.0 Å². The molecule has 4 rings (SSSR count). The van der Waals surface area contributed by atoms with E-state index in [0.29, 0.717) is 17.9 Å². The van der Waals surface area contributed by atoms with E-state index in [9.17, 15) is 9.59 Å². The Hall–Kier alpha value is -3.84. The van der Waals surface area contributed by atoms with E-state index < -0.39 is 29.7 Å². The van der Waals surface area contributed by atoms with Crippen molar-refractivity contribution in [2.24, 2.45) is 0 Å². The summed E-state index contributed by atoms with van der Waals surface area (Å²) in [4.78, 5) is 25.8. The van der Waals surface area contributed by atoms with Crippen LogP contribution in [-0.4, -0.2) is 29.7 Å². The summed E-state index contributed by atoms with van der Waals surface area (Å²) in [7, 11) is 0. The molecule has 1 aromatic heterocycles. The second-order valence-corrected chi connectivity index (χ2v) is 9.42. The molecule has 7 nitrogen and oxygen atoms in total. The Morgan fingerprint density at radius 3 is 2.34 bits per heavy atom. The number of carbonyl (C=O) groups excluding carboxylic acids is 2. The van der Waals surface area contributed by atoms with Gasteiger partial charge in [0, 0.05) is 22.5 Å². The van der Waals surface area contributed by atoms with E-state index in [0.717, 1.165) is 21.9 Å². The Morgan fingerprint density at radius 2 is 1.60 bits per heavy atom. The van der Waals surface area contributed by atoms with Crippen molar-refractivity contribution in [1.29, 1.82) is 0 Å². The molecule has 0 unspecified atom stereocenters. The first-order chi connectivity index (χ1) is 16.7. The number of furan rings is 1. The molecule has 0 radical (unpaired) electrons. The third-order valence-corrected chi connectivity index (χ3v) is 5.43. The highest BCUT2D eigenvalue weighted by molar-refractivity contribution is 6.06. The van der Waals surface area contributed by atoms with Crippen molar-refractivity contribution in [2.75, 3.05) is 5.32 Å². The molecule has 0 aliphatic rings. The van der Waals surface area contributed by atoms with Crippen molar-refractivity contribution in [3.05, 3.63) is 78.4 Å². The van der Waals surface area contributed by atoms with Gasteiger partial charge in [-0.25, -0.2) is 4.79 Å². The third kappa shape index (κ3) is 6.19. The van der Waals surface area contributed by atoms with E-state index in [1.165, 1.54) is 0 Å². The molecule has 35 heavy (non-hydrogen) atoms. The first-order valence-electron chi connectivity index (χ1n) is 11.6. The van der Waals surface area contributed by atoms with Crippen LogP contribution in [0.25, 0.3) is 21.9 Å². The molecule has 7 heteroatoms. The Bertz CT molecular complexity index is 1320. The van der Waals surface area contributed by atoms with Gasteiger partial charge in [-0.15, -0.1) is 0 Å². The summed E-state index contributed by atoms with van der Waals surface area (Å²) in [5, 5.41) is 7.51. The second-order valence-electron chi connectivity index (χ2n) is 9.42. The number of rotatable bonds is 7. The molecule has 3 aromatic carbocycles. The zero-order valence-corrected chi connectivity index (χ0v) is 20.3. The first kappa shape index (κ1) is 24.3. The minimum absolute atomic E-state index is 0.298. The summed E-state index contributed by atoms with van der Waals surface area (Å²) in [6, 6.07) is 21.9. The van der Waals surface area contributed by atoms with Gasteiger partial charge < -0.3 is 24.5 Å². The monoisotopic (exact) mass is 474 g/mol. The summed E-state index contributed by atoms with van der Waals surface area (Å²) in [6.45, 7) is 7.33. The largest absolute Gasteiger partial charge is 0.456 e. The molecule has 2 N–H and O–H groups in total. The van der Waals surface area contributed by atoms with E-state index in [4.69, 9.17) is 13.9 Å². The fourth-order valence-corrected chi connectivity index (χ4v) is 3.75. The van der Waals surface area contributed by atoms with Gasteiger partial charge in [0.1, 0.15) is 22.8 Å². The molecule has 0 bridgehead atoms. The molecule has 0 aliphatic heterocycles. The number of amides is 2. The number of fused-ring (bicyclic) bond motifs is 3. The van der Waals surface area contributed by atoms with Crippen LogP contribution in [0, 0.1) is 0 Å². The van der Waals surface area contributed by atoms with Gasteiger partial charge in [-0.2, -0.15) is 0 Å². The van der Waals surface area contributed by atoms with Crippen molar-refractivity contribution in [3.8, 4) is 0 Å². The number of anilines is 1. The highest BCUT2D eigenvalue weighted by Gasteiger charge is 2.30. The van der Waals surface area contributed by atoms with Gasteiger partial charge in [0.05, 0.1) is 12.7 Å². The Labute approximate surface area is 204 Å². The zero-order valence-electron chi connectivity index (χ0n) is 20.3. The molecule has 2 atom stereocenters. The molecular formula is C28H30N2O5. The van der Waals surface area contributed by atoms with Crippen molar-refractivity contribution >= 4 is 39.6 Å². The van der Waals surface area contributed by atoms with Gasteiger partial charge in [0.25, 0.3) is 0 Å². The topological polar surface area (TPSA) is 89.8 Å². The summed E-state index contributed by atoms with van der Waals surface area (Å²) in [5.41, 5.74) is 2.25. The Balaban J connectivity index is 1.52. The second kappa shape index (κ2) is 10.2. The van der Waals surface area contributed by atoms with Crippen molar-refractivity contribution in [1.82, 2.24) is 5.32 Å². The minimum Gasteiger partial charge on any atom is -0.456 e. The SMILES string of the molecule is C[C@H](OCc1ccccc1)[C@H](NC(=O)OC(C)(C)C)C(=O)Nc1ccc2c(c1)oc1ccccc12. The molecular weight excluding hydrogens is 444 g/mol. The number of carbonyl (C=O) groups is 2. The molecule has 0 saturated carbocycles. The number of hydrogen-bond acceptors (Lipinski definition) is 5. The number of alkyl carbamates (subject to hydrolysis) is 1. The highest BCUT2D eigenvalue weighted by atomic mass is 16.6. The summed E-state index contributed by atoms with van der Waals surface area (Å²) in [5.74, 6) is -0.424. The van der Waals surface area contributed by atoms with Crippen LogP contribution < -0.4 is 10.6 Å². The normalized spacial score (nSPS) is 13.4. The van der Waals surface area contributed by atoms with Crippen molar-refractivity contribution in [3.63, 3.8) is 0 Å². The number of benzene rings is 3. The van der Waals surface area contributed by atoms with Crippen LogP contribution in [0.2, 0.25) is 0 Å². The fourth-order valence-electron chi connectivity index (χ4n) is 3.75. The maximum absolute atomic E-state index is 13.3. The molecule has 0 fully saturated rings. The maximum Gasteiger partial charge on any atom is 0.408 e. The number of hydrogen-bond donors (Lipinski definition) is 2. The maximum atomic E-state index is 13.3. The average molecular weight is 475 g/mol. The average Bonchev–Trinajstić information content (AvgIpc) is 3.18.